The van der Waals surface area contributed by atoms with Gasteiger partial charge >= 0.3 is 0 Å². The van der Waals surface area contributed by atoms with Gasteiger partial charge in [0.15, 0.2) is 12.1 Å². The number of hydrogen-bond donors (Lipinski definition) is 1. The van der Waals surface area contributed by atoms with Gasteiger partial charge in [0.2, 0.25) is 5.91 Å². The molecule has 31 heavy (non-hydrogen) atoms. The maximum Gasteiger partial charge on any atom is 0.263 e. The van der Waals surface area contributed by atoms with Crippen LogP contribution in [0, 0.1) is 0 Å². The molecule has 9 nitrogen and oxygen atoms in total. The van der Waals surface area contributed by atoms with Gasteiger partial charge in [0.25, 0.3) is 11.8 Å². The highest BCUT2D eigenvalue weighted by Crippen LogP contribution is 2.32. The molecule has 3 amide bonds. The van der Waals surface area contributed by atoms with Crippen molar-refractivity contribution in [1.29, 1.82) is 0 Å². The summed E-state index contributed by atoms with van der Waals surface area (Å²) in [4.78, 5) is 39.4. The number of nitrogens with one attached hydrogen (secondary N) is 1. The molecular weight excluding hydrogens is 398 g/mol. The van der Waals surface area contributed by atoms with Gasteiger partial charge in [-0.15, -0.1) is 0 Å². The molecule has 160 valence electrons. The third kappa shape index (κ3) is 3.86. The molecule has 0 aliphatic carbocycles. The smallest absolute Gasteiger partial charge is 0.263 e. The molecule has 2 aliphatic rings. The minimum absolute atomic E-state index is 0.199. The van der Waals surface area contributed by atoms with Crippen molar-refractivity contribution in [3.63, 3.8) is 0 Å². The molecule has 4 rings (SSSR count). The lowest BCUT2D eigenvalue weighted by Gasteiger charge is -2.20. The van der Waals surface area contributed by atoms with Gasteiger partial charge in [0.05, 0.1) is 12.8 Å². The number of carbonyl (C=O) groups is 3. The highest BCUT2D eigenvalue weighted by molar-refractivity contribution is 6.25. The van der Waals surface area contributed by atoms with Gasteiger partial charge in [0.1, 0.15) is 12.3 Å². The number of methoxy groups -OCH3 is 1. The lowest BCUT2D eigenvalue weighted by Crippen LogP contribution is -2.43. The number of ether oxygens (including phenoxy) is 1. The molecule has 2 aliphatic heterocycles. The Labute approximate surface area is 179 Å². The van der Waals surface area contributed by atoms with E-state index in [1.165, 1.54) is 5.01 Å². The zero-order valence-corrected chi connectivity index (χ0v) is 17.5. The van der Waals surface area contributed by atoms with Crippen LogP contribution in [0.4, 0.5) is 11.4 Å². The second-order valence-electron chi connectivity index (χ2n) is 7.73. The number of rotatable bonds is 6. The Bertz CT molecular complexity index is 1030. The van der Waals surface area contributed by atoms with Crippen molar-refractivity contribution in [2.24, 2.45) is 10.3 Å². The van der Waals surface area contributed by atoms with E-state index in [1.54, 1.807) is 43.5 Å². The van der Waals surface area contributed by atoms with Crippen LogP contribution in [-0.4, -0.2) is 48.5 Å². The van der Waals surface area contributed by atoms with E-state index in [-0.39, 0.29) is 12.5 Å². The van der Waals surface area contributed by atoms with Crippen molar-refractivity contribution < 1.29 is 19.1 Å². The second kappa shape index (κ2) is 8.17. The average Bonchev–Trinajstić information content (AvgIpc) is 3.28. The van der Waals surface area contributed by atoms with Crippen molar-refractivity contribution >= 4 is 29.1 Å². The van der Waals surface area contributed by atoms with Gasteiger partial charge in [0, 0.05) is 5.69 Å². The Morgan fingerprint density at radius 2 is 1.74 bits per heavy atom. The number of benzene rings is 2. The number of carbonyl (C=O) groups excluding carboxylic acids is 3. The largest absolute Gasteiger partial charge is 0.497 e. The van der Waals surface area contributed by atoms with Crippen molar-refractivity contribution in [2.75, 3.05) is 23.9 Å². The Morgan fingerprint density at radius 3 is 2.35 bits per heavy atom. The first-order chi connectivity index (χ1) is 14.9. The van der Waals surface area contributed by atoms with Gasteiger partial charge < -0.3 is 10.1 Å². The number of nitrogens with zero attached hydrogens (tertiary/aromatic N) is 4. The Morgan fingerprint density at radius 1 is 1.06 bits per heavy atom. The van der Waals surface area contributed by atoms with Gasteiger partial charge in [-0.3, -0.25) is 19.4 Å². The van der Waals surface area contributed by atoms with Crippen LogP contribution in [0.1, 0.15) is 25.3 Å². The molecule has 2 atom stereocenters. The first-order valence-electron chi connectivity index (χ1n) is 9.98. The molecular formula is C22H23N5O4. The van der Waals surface area contributed by atoms with Crippen LogP contribution in [0.15, 0.2) is 58.9 Å². The molecule has 1 N–H and O–H groups in total. The molecule has 2 aromatic rings. The molecule has 0 aromatic heterocycles. The van der Waals surface area contributed by atoms with E-state index in [0.717, 1.165) is 10.5 Å². The summed E-state index contributed by atoms with van der Waals surface area (Å²) in [7, 11) is 1.56. The van der Waals surface area contributed by atoms with Crippen LogP contribution in [0.25, 0.3) is 0 Å². The molecule has 0 radical (unpaired) electrons. The van der Waals surface area contributed by atoms with E-state index < -0.39 is 23.9 Å². The summed E-state index contributed by atoms with van der Waals surface area (Å²) in [6.07, 6.45) is 0. The fraction of sp³-hybridized carbons (Fsp3) is 0.318. The standard InChI is InChI=1S/C22H23N5O4/c1-13(2)14-4-8-16(9-5-14)27-21(29)19-20(22(27)30)26(25-24-19)12-18(28)23-15-6-10-17(31-3)11-7-15/h4-11,13,19-20H,12H2,1-3H3,(H,23,28)/t19-,20+/m0/s1. The van der Waals surface area contributed by atoms with Gasteiger partial charge in [-0.2, -0.15) is 5.11 Å². The maximum atomic E-state index is 13.0. The van der Waals surface area contributed by atoms with Crippen molar-refractivity contribution in [3.05, 3.63) is 54.1 Å². The van der Waals surface area contributed by atoms with Crippen LogP contribution >= 0.6 is 0 Å². The fourth-order valence-electron chi connectivity index (χ4n) is 3.64. The molecule has 2 heterocycles. The Kier molecular flexibility index (Phi) is 5.41. The van der Waals surface area contributed by atoms with Gasteiger partial charge in [-0.25, -0.2) is 4.90 Å². The number of amides is 3. The zero-order chi connectivity index (χ0) is 22.1. The van der Waals surface area contributed by atoms with E-state index in [1.807, 2.05) is 12.1 Å². The third-order valence-corrected chi connectivity index (χ3v) is 5.36. The highest BCUT2D eigenvalue weighted by Gasteiger charge is 2.55. The molecule has 0 unspecified atom stereocenters. The van der Waals surface area contributed by atoms with Crippen LogP contribution < -0.4 is 15.0 Å². The number of hydrogen-bond acceptors (Lipinski definition) is 7. The first-order valence-corrected chi connectivity index (χ1v) is 9.98. The number of anilines is 2. The fourth-order valence-corrected chi connectivity index (χ4v) is 3.64. The molecule has 1 fully saturated rings. The quantitative estimate of drug-likeness (QED) is 0.723. The van der Waals surface area contributed by atoms with Crippen LogP contribution in [0.2, 0.25) is 0 Å². The van der Waals surface area contributed by atoms with E-state index in [9.17, 15) is 14.4 Å². The van der Waals surface area contributed by atoms with E-state index in [0.29, 0.717) is 23.0 Å². The van der Waals surface area contributed by atoms with Crippen molar-refractivity contribution in [2.45, 2.75) is 31.8 Å². The van der Waals surface area contributed by atoms with Gasteiger partial charge in [-0.1, -0.05) is 31.2 Å². The van der Waals surface area contributed by atoms with Gasteiger partial charge in [-0.05, 0) is 47.9 Å². The number of fused-ring (bicyclic) bond motifs is 1. The summed E-state index contributed by atoms with van der Waals surface area (Å²) in [6, 6.07) is 12.3. The maximum absolute atomic E-state index is 13.0. The zero-order valence-electron chi connectivity index (χ0n) is 17.5. The van der Waals surface area contributed by atoms with Crippen LogP contribution in [0.3, 0.4) is 0 Å². The average molecular weight is 421 g/mol. The lowest BCUT2D eigenvalue weighted by atomic mass is 10.0. The van der Waals surface area contributed by atoms with E-state index in [2.05, 4.69) is 29.5 Å². The predicted octanol–water partition coefficient (Wildman–Crippen LogP) is 2.75. The minimum Gasteiger partial charge on any atom is -0.497 e. The topological polar surface area (TPSA) is 104 Å². The second-order valence-corrected chi connectivity index (χ2v) is 7.73. The Balaban J connectivity index is 1.45. The third-order valence-electron chi connectivity index (χ3n) is 5.36. The molecule has 0 spiro atoms. The summed E-state index contributed by atoms with van der Waals surface area (Å²) < 4.78 is 5.09. The lowest BCUT2D eigenvalue weighted by molar-refractivity contribution is -0.123. The monoisotopic (exact) mass is 421 g/mol. The SMILES string of the molecule is COc1ccc(NC(=O)CN2N=N[C@@H]3C(=O)N(c4ccc(C(C)C)cc4)C(=O)[C@@H]32)cc1. The number of imide groups is 1. The summed E-state index contributed by atoms with van der Waals surface area (Å²) >= 11 is 0. The molecule has 9 heteroatoms. The first kappa shape index (κ1) is 20.5. The molecule has 1 saturated heterocycles. The van der Waals surface area contributed by atoms with Crippen molar-refractivity contribution in [1.82, 2.24) is 5.01 Å². The molecule has 0 bridgehead atoms. The van der Waals surface area contributed by atoms with Crippen LogP contribution in [-0.2, 0) is 14.4 Å². The predicted molar refractivity (Wildman–Crippen MR) is 114 cm³/mol. The Hall–Kier alpha value is -3.75. The summed E-state index contributed by atoms with van der Waals surface area (Å²) in [5.41, 5.74) is 2.19. The molecule has 2 aromatic carbocycles. The normalized spacial score (nSPS) is 19.9. The summed E-state index contributed by atoms with van der Waals surface area (Å²) in [5.74, 6) is -0.230. The summed E-state index contributed by atoms with van der Waals surface area (Å²) in [5, 5.41) is 11.9. The van der Waals surface area contributed by atoms with Crippen molar-refractivity contribution in [3.8, 4) is 5.75 Å². The van der Waals surface area contributed by atoms with Crippen LogP contribution in [0.5, 0.6) is 5.75 Å². The minimum atomic E-state index is -0.939. The van der Waals surface area contributed by atoms with E-state index in [4.69, 9.17) is 4.74 Å². The van der Waals surface area contributed by atoms with E-state index >= 15 is 0 Å². The highest BCUT2D eigenvalue weighted by atomic mass is 16.5. The molecule has 0 saturated carbocycles. The summed E-state index contributed by atoms with van der Waals surface area (Å²) in [6.45, 7) is 3.94.